The molecule has 1 fully saturated rings. The average Bonchev–Trinajstić information content (AvgIpc) is 3.54. The van der Waals surface area contributed by atoms with Gasteiger partial charge in [-0.3, -0.25) is 24.0 Å². The van der Waals surface area contributed by atoms with Crippen LogP contribution in [0.5, 0.6) is 0 Å². The third kappa shape index (κ3) is 5.36. The number of rotatable bonds is 7. The van der Waals surface area contributed by atoms with Gasteiger partial charge in [-0.05, 0) is 75.2 Å². The Bertz CT molecular complexity index is 1450. The fourth-order valence-corrected chi connectivity index (χ4v) is 4.24. The van der Waals surface area contributed by atoms with Gasteiger partial charge in [-0.1, -0.05) is 6.07 Å². The Balaban J connectivity index is 1.31. The molecular formula is C27H28N6O3. The highest BCUT2D eigenvalue weighted by molar-refractivity contribution is 5.93. The molecule has 0 spiro atoms. The molecule has 4 aromatic rings. The molecule has 3 aromatic heterocycles. The van der Waals surface area contributed by atoms with Crippen LogP contribution in [0.25, 0.3) is 17.0 Å². The van der Waals surface area contributed by atoms with Crippen LogP contribution in [0.1, 0.15) is 24.0 Å². The molecule has 0 bridgehead atoms. The van der Waals surface area contributed by atoms with Gasteiger partial charge in [-0.15, -0.1) is 0 Å². The molecule has 0 radical (unpaired) electrons. The van der Waals surface area contributed by atoms with Crippen molar-refractivity contribution < 1.29 is 9.21 Å². The highest BCUT2D eigenvalue weighted by Gasteiger charge is 2.16. The summed E-state index contributed by atoms with van der Waals surface area (Å²) < 4.78 is 7.47. The van der Waals surface area contributed by atoms with Crippen LogP contribution in [0.2, 0.25) is 0 Å². The number of amides is 1. The summed E-state index contributed by atoms with van der Waals surface area (Å²) in [5.41, 5.74) is 4.57. The van der Waals surface area contributed by atoms with Crippen molar-refractivity contribution in [3.63, 3.8) is 0 Å². The molecule has 0 atom stereocenters. The van der Waals surface area contributed by atoms with E-state index in [1.807, 2.05) is 44.2 Å². The monoisotopic (exact) mass is 484 g/mol. The molecule has 5 rings (SSSR count). The minimum absolute atomic E-state index is 0.0230. The van der Waals surface area contributed by atoms with Gasteiger partial charge in [0.1, 0.15) is 0 Å². The summed E-state index contributed by atoms with van der Waals surface area (Å²) in [6.45, 7) is 6.20. The van der Waals surface area contributed by atoms with Crippen LogP contribution in [-0.4, -0.2) is 45.0 Å². The van der Waals surface area contributed by atoms with Crippen molar-refractivity contribution in [3.05, 3.63) is 82.7 Å². The standard InChI is InChI=1S/C27H28N6O3/c1-18-7-10-33(26(35)11-18)22-12-20(14-28-15-22)24-16-29-27(36-24)31-23-13-21(6-5-19(23)2)30-25(34)17-32-8-3-4-9-32/h5-7,10-16H,3-4,8-9,17H2,1-2H3,(H,29,31)(H,30,34). The third-order valence-electron chi connectivity index (χ3n) is 6.20. The average molecular weight is 485 g/mol. The Kier molecular flexibility index (Phi) is 6.64. The normalized spacial score (nSPS) is 13.6. The summed E-state index contributed by atoms with van der Waals surface area (Å²) in [7, 11) is 0. The second kappa shape index (κ2) is 10.2. The van der Waals surface area contributed by atoms with Gasteiger partial charge >= 0.3 is 0 Å². The molecule has 1 aromatic carbocycles. The fourth-order valence-electron chi connectivity index (χ4n) is 4.24. The highest BCUT2D eigenvalue weighted by Crippen LogP contribution is 2.28. The Morgan fingerprint density at radius 2 is 1.89 bits per heavy atom. The van der Waals surface area contributed by atoms with Crippen molar-refractivity contribution in [2.24, 2.45) is 0 Å². The van der Waals surface area contributed by atoms with Crippen molar-refractivity contribution >= 4 is 23.3 Å². The summed E-state index contributed by atoms with van der Waals surface area (Å²) in [6.07, 6.45) is 8.92. The summed E-state index contributed by atoms with van der Waals surface area (Å²) in [5.74, 6) is 0.491. The Hall–Kier alpha value is -4.24. The Morgan fingerprint density at radius 3 is 2.69 bits per heavy atom. The lowest BCUT2D eigenvalue weighted by Gasteiger charge is -2.15. The summed E-state index contributed by atoms with van der Waals surface area (Å²) >= 11 is 0. The van der Waals surface area contributed by atoms with Gasteiger partial charge in [0, 0.05) is 35.4 Å². The molecule has 4 heterocycles. The van der Waals surface area contributed by atoms with E-state index in [1.54, 1.807) is 30.9 Å². The van der Waals surface area contributed by atoms with E-state index in [1.165, 1.54) is 4.57 Å². The number of oxazole rings is 1. The summed E-state index contributed by atoms with van der Waals surface area (Å²) in [5, 5.41) is 6.17. The van der Waals surface area contributed by atoms with Crippen LogP contribution < -0.4 is 16.2 Å². The number of hydrogen-bond acceptors (Lipinski definition) is 7. The number of carbonyl (C=O) groups is 1. The highest BCUT2D eigenvalue weighted by atomic mass is 16.4. The fraction of sp³-hybridized carbons (Fsp3) is 0.259. The minimum atomic E-state index is -0.128. The molecule has 0 unspecified atom stereocenters. The van der Waals surface area contributed by atoms with Gasteiger partial charge in [0.2, 0.25) is 5.91 Å². The first-order chi connectivity index (χ1) is 17.4. The van der Waals surface area contributed by atoms with E-state index >= 15 is 0 Å². The number of carbonyl (C=O) groups excluding carboxylic acids is 1. The van der Waals surface area contributed by atoms with E-state index in [2.05, 4.69) is 25.5 Å². The van der Waals surface area contributed by atoms with Gasteiger partial charge in [-0.25, -0.2) is 4.98 Å². The van der Waals surface area contributed by atoms with Crippen molar-refractivity contribution in [1.82, 2.24) is 19.4 Å². The largest absolute Gasteiger partial charge is 0.423 e. The van der Waals surface area contributed by atoms with E-state index in [-0.39, 0.29) is 11.5 Å². The summed E-state index contributed by atoms with van der Waals surface area (Å²) in [4.78, 5) is 35.6. The number of anilines is 3. The zero-order chi connectivity index (χ0) is 25.1. The van der Waals surface area contributed by atoms with Gasteiger partial charge in [0.25, 0.3) is 11.6 Å². The number of nitrogens with one attached hydrogen (secondary N) is 2. The molecule has 9 heteroatoms. The third-order valence-corrected chi connectivity index (χ3v) is 6.20. The topological polar surface area (TPSA) is 105 Å². The van der Waals surface area contributed by atoms with E-state index in [0.29, 0.717) is 35.3 Å². The molecule has 1 aliphatic heterocycles. The zero-order valence-electron chi connectivity index (χ0n) is 20.3. The molecule has 1 aliphatic rings. The first-order valence-corrected chi connectivity index (χ1v) is 12.0. The number of hydrogen-bond donors (Lipinski definition) is 2. The SMILES string of the molecule is Cc1ccn(-c2cncc(-c3cnc(Nc4cc(NC(=O)CN5CCCC5)ccc4C)o3)c2)c(=O)c1. The lowest BCUT2D eigenvalue weighted by molar-refractivity contribution is -0.117. The number of aryl methyl sites for hydroxylation is 2. The number of nitrogens with zero attached hydrogens (tertiary/aromatic N) is 4. The zero-order valence-corrected chi connectivity index (χ0v) is 20.3. The van der Waals surface area contributed by atoms with Crippen LogP contribution in [-0.2, 0) is 4.79 Å². The number of pyridine rings is 2. The molecule has 1 saturated heterocycles. The molecule has 9 nitrogen and oxygen atoms in total. The van der Waals surface area contributed by atoms with Gasteiger partial charge in [0.15, 0.2) is 5.76 Å². The van der Waals surface area contributed by atoms with E-state index in [0.717, 1.165) is 42.7 Å². The molecule has 1 amide bonds. The summed E-state index contributed by atoms with van der Waals surface area (Å²) in [6, 6.07) is 11.3. The van der Waals surface area contributed by atoms with E-state index in [4.69, 9.17) is 4.42 Å². The molecule has 0 saturated carbocycles. The van der Waals surface area contributed by atoms with Crippen LogP contribution in [0.15, 0.2) is 70.4 Å². The second-order valence-corrected chi connectivity index (χ2v) is 9.06. The molecule has 2 N–H and O–H groups in total. The van der Waals surface area contributed by atoms with E-state index in [9.17, 15) is 9.59 Å². The molecule has 36 heavy (non-hydrogen) atoms. The van der Waals surface area contributed by atoms with Crippen molar-refractivity contribution in [2.45, 2.75) is 26.7 Å². The van der Waals surface area contributed by atoms with E-state index < -0.39 is 0 Å². The van der Waals surface area contributed by atoms with Crippen molar-refractivity contribution in [1.29, 1.82) is 0 Å². The number of likely N-dealkylation sites (tertiary alicyclic amines) is 1. The van der Waals surface area contributed by atoms with Crippen LogP contribution in [0.4, 0.5) is 17.4 Å². The smallest absolute Gasteiger partial charge is 0.299 e. The van der Waals surface area contributed by atoms with Crippen LogP contribution in [0, 0.1) is 13.8 Å². The van der Waals surface area contributed by atoms with Crippen LogP contribution >= 0.6 is 0 Å². The van der Waals surface area contributed by atoms with Gasteiger partial charge in [-0.2, -0.15) is 0 Å². The lowest BCUT2D eigenvalue weighted by atomic mass is 10.2. The first-order valence-electron chi connectivity index (χ1n) is 12.0. The van der Waals surface area contributed by atoms with Crippen molar-refractivity contribution in [3.8, 4) is 17.0 Å². The second-order valence-electron chi connectivity index (χ2n) is 9.06. The predicted octanol–water partition coefficient (Wildman–Crippen LogP) is 4.28. The number of aromatic nitrogens is 3. The van der Waals surface area contributed by atoms with Gasteiger partial charge in [0.05, 0.1) is 24.6 Å². The molecular weight excluding hydrogens is 456 g/mol. The van der Waals surface area contributed by atoms with Crippen molar-refractivity contribution in [2.75, 3.05) is 30.3 Å². The lowest BCUT2D eigenvalue weighted by Crippen LogP contribution is -2.30. The Morgan fingerprint density at radius 1 is 1.06 bits per heavy atom. The number of benzene rings is 1. The quantitative estimate of drug-likeness (QED) is 0.403. The minimum Gasteiger partial charge on any atom is -0.423 e. The predicted molar refractivity (Wildman–Crippen MR) is 139 cm³/mol. The molecule has 184 valence electrons. The van der Waals surface area contributed by atoms with Gasteiger partial charge < -0.3 is 15.1 Å². The Labute approximate surface area is 208 Å². The molecule has 0 aliphatic carbocycles. The maximum absolute atomic E-state index is 12.4. The maximum atomic E-state index is 12.4. The maximum Gasteiger partial charge on any atom is 0.299 e. The van der Waals surface area contributed by atoms with Crippen LogP contribution in [0.3, 0.4) is 0 Å². The first kappa shape index (κ1) is 23.5.